The van der Waals surface area contributed by atoms with E-state index in [4.69, 9.17) is 11.6 Å². The molecule has 106 valence electrons. The summed E-state index contributed by atoms with van der Waals surface area (Å²) in [6.45, 7) is 2.12. The molecule has 19 heavy (non-hydrogen) atoms. The molecule has 1 aromatic rings. The molecule has 1 heterocycles. The lowest BCUT2D eigenvalue weighted by Crippen LogP contribution is -2.35. The topological polar surface area (TPSA) is 58.2 Å². The van der Waals surface area contributed by atoms with E-state index in [9.17, 15) is 8.42 Å². The largest absolute Gasteiger partial charge is 0.317 e. The minimum Gasteiger partial charge on any atom is -0.317 e. The van der Waals surface area contributed by atoms with Gasteiger partial charge in [0, 0.05) is 11.6 Å². The first-order valence-electron chi connectivity index (χ1n) is 6.48. The van der Waals surface area contributed by atoms with E-state index in [1.54, 1.807) is 12.1 Å². The molecule has 2 rings (SSSR count). The lowest BCUT2D eigenvalue weighted by Gasteiger charge is -2.22. The molecule has 0 aliphatic carbocycles. The van der Waals surface area contributed by atoms with E-state index >= 15 is 0 Å². The number of hydrogen-bond acceptors (Lipinski definition) is 3. The fourth-order valence-corrected chi connectivity index (χ4v) is 3.93. The number of piperidine rings is 1. The molecule has 0 spiro atoms. The number of nitrogens with one attached hydrogen (secondary N) is 2. The Bertz CT molecular complexity index is 513. The van der Waals surface area contributed by atoms with E-state index in [0.29, 0.717) is 11.6 Å². The zero-order chi connectivity index (χ0) is 13.7. The molecule has 0 bridgehead atoms. The third-order valence-corrected chi connectivity index (χ3v) is 5.03. The summed E-state index contributed by atoms with van der Waals surface area (Å²) in [5.41, 5.74) is 0.876. The van der Waals surface area contributed by atoms with Crippen LogP contribution in [-0.2, 0) is 16.6 Å². The first-order valence-corrected chi connectivity index (χ1v) is 8.51. The predicted molar refractivity (Wildman–Crippen MR) is 77.7 cm³/mol. The summed E-state index contributed by atoms with van der Waals surface area (Å²) in [5, 5.41) is 3.86. The molecule has 0 unspecified atom stereocenters. The van der Waals surface area contributed by atoms with Crippen molar-refractivity contribution in [2.75, 3.05) is 18.8 Å². The molecule has 0 amide bonds. The van der Waals surface area contributed by atoms with Gasteiger partial charge in [0.25, 0.3) is 0 Å². The fraction of sp³-hybridized carbons (Fsp3) is 0.538. The summed E-state index contributed by atoms with van der Waals surface area (Å²) in [4.78, 5) is 0. The monoisotopic (exact) mass is 302 g/mol. The highest BCUT2D eigenvalue weighted by Gasteiger charge is 2.20. The standard InChI is InChI=1S/C13H19ClN2O2S/c14-13-3-1-2-12(8-13)9-16-19(17,18)10-11-4-6-15-7-5-11/h1-3,8,11,15-16H,4-7,9-10H2. The summed E-state index contributed by atoms with van der Waals surface area (Å²) in [5.74, 6) is 0.480. The molecule has 0 atom stereocenters. The quantitative estimate of drug-likeness (QED) is 0.871. The average molecular weight is 303 g/mol. The molecule has 1 aliphatic rings. The van der Waals surface area contributed by atoms with Gasteiger partial charge >= 0.3 is 0 Å². The number of halogens is 1. The van der Waals surface area contributed by atoms with Gasteiger partial charge in [-0.05, 0) is 49.5 Å². The van der Waals surface area contributed by atoms with Gasteiger partial charge in [0.2, 0.25) is 10.0 Å². The van der Waals surface area contributed by atoms with Crippen molar-refractivity contribution in [2.24, 2.45) is 5.92 Å². The Labute approximate surface area is 119 Å². The van der Waals surface area contributed by atoms with Gasteiger partial charge in [-0.1, -0.05) is 23.7 Å². The maximum absolute atomic E-state index is 12.0. The second kappa shape index (κ2) is 6.70. The highest BCUT2D eigenvalue weighted by Crippen LogP contribution is 2.14. The molecule has 6 heteroatoms. The van der Waals surface area contributed by atoms with Gasteiger partial charge in [0.05, 0.1) is 5.75 Å². The highest BCUT2D eigenvalue weighted by molar-refractivity contribution is 7.89. The molecule has 0 saturated carbocycles. The number of rotatable bonds is 5. The van der Waals surface area contributed by atoms with Gasteiger partial charge in [-0.15, -0.1) is 0 Å². The SMILES string of the molecule is O=S(=O)(CC1CCNCC1)NCc1cccc(Cl)c1. The van der Waals surface area contributed by atoms with Crippen LogP contribution >= 0.6 is 11.6 Å². The molecule has 0 aromatic heterocycles. The summed E-state index contributed by atoms with van der Waals surface area (Å²) < 4.78 is 26.6. The lowest BCUT2D eigenvalue weighted by atomic mass is 10.0. The van der Waals surface area contributed by atoms with Gasteiger partial charge in [0.15, 0.2) is 0 Å². The van der Waals surface area contributed by atoms with Crippen molar-refractivity contribution in [3.63, 3.8) is 0 Å². The smallest absolute Gasteiger partial charge is 0.212 e. The van der Waals surface area contributed by atoms with Crippen molar-refractivity contribution in [1.82, 2.24) is 10.0 Å². The third kappa shape index (κ3) is 5.10. The molecule has 0 radical (unpaired) electrons. The highest BCUT2D eigenvalue weighted by atomic mass is 35.5. The summed E-state index contributed by atoms with van der Waals surface area (Å²) in [6.07, 6.45) is 1.86. The summed E-state index contributed by atoms with van der Waals surface area (Å²) in [6, 6.07) is 7.22. The number of sulfonamides is 1. The normalized spacial score (nSPS) is 17.5. The summed E-state index contributed by atoms with van der Waals surface area (Å²) >= 11 is 5.87. The van der Waals surface area contributed by atoms with Gasteiger partial charge in [-0.3, -0.25) is 0 Å². The fourth-order valence-electron chi connectivity index (χ4n) is 2.26. The lowest BCUT2D eigenvalue weighted by molar-refractivity contribution is 0.400. The number of hydrogen-bond donors (Lipinski definition) is 2. The third-order valence-electron chi connectivity index (χ3n) is 3.30. The molecule has 2 N–H and O–H groups in total. The maximum Gasteiger partial charge on any atom is 0.212 e. The Hall–Kier alpha value is -0.620. The Morgan fingerprint density at radius 2 is 2.05 bits per heavy atom. The van der Waals surface area contributed by atoms with Gasteiger partial charge < -0.3 is 5.32 Å². The second-order valence-electron chi connectivity index (χ2n) is 4.93. The molecule has 1 aromatic carbocycles. The van der Waals surface area contributed by atoms with Gasteiger partial charge in [-0.2, -0.15) is 0 Å². The molecule has 1 aliphatic heterocycles. The van der Waals surface area contributed by atoms with Crippen LogP contribution in [-0.4, -0.2) is 27.3 Å². The Balaban J connectivity index is 1.86. The van der Waals surface area contributed by atoms with Gasteiger partial charge in [-0.25, -0.2) is 13.1 Å². The van der Waals surface area contributed by atoms with Crippen molar-refractivity contribution in [1.29, 1.82) is 0 Å². The first kappa shape index (κ1) is 14.8. The van der Waals surface area contributed by atoms with Crippen LogP contribution in [0.4, 0.5) is 0 Å². The molecule has 1 fully saturated rings. The number of benzene rings is 1. The van der Waals surface area contributed by atoms with Gasteiger partial charge in [0.1, 0.15) is 0 Å². The van der Waals surface area contributed by atoms with Crippen LogP contribution in [0.15, 0.2) is 24.3 Å². The second-order valence-corrected chi connectivity index (χ2v) is 7.21. The van der Waals surface area contributed by atoms with Crippen LogP contribution < -0.4 is 10.0 Å². The summed E-state index contributed by atoms with van der Waals surface area (Å²) in [7, 11) is -3.21. The van der Waals surface area contributed by atoms with E-state index in [1.807, 2.05) is 12.1 Å². The predicted octanol–water partition coefficient (Wildman–Crippen LogP) is 1.76. The van der Waals surface area contributed by atoms with E-state index in [2.05, 4.69) is 10.0 Å². The van der Waals surface area contributed by atoms with Crippen LogP contribution in [0.1, 0.15) is 18.4 Å². The Morgan fingerprint density at radius 3 is 2.74 bits per heavy atom. The molecule has 1 saturated heterocycles. The zero-order valence-corrected chi connectivity index (χ0v) is 12.3. The van der Waals surface area contributed by atoms with Crippen LogP contribution in [0.25, 0.3) is 0 Å². The van der Waals surface area contributed by atoms with Crippen LogP contribution in [0.2, 0.25) is 5.02 Å². The van der Waals surface area contributed by atoms with Crippen molar-refractivity contribution in [2.45, 2.75) is 19.4 Å². The van der Waals surface area contributed by atoms with E-state index in [0.717, 1.165) is 31.5 Å². The van der Waals surface area contributed by atoms with Crippen molar-refractivity contribution in [3.8, 4) is 0 Å². The molecular formula is C13H19ClN2O2S. The molecule has 4 nitrogen and oxygen atoms in total. The minimum atomic E-state index is -3.21. The van der Waals surface area contributed by atoms with E-state index in [1.165, 1.54) is 0 Å². The van der Waals surface area contributed by atoms with Crippen LogP contribution in [0, 0.1) is 5.92 Å². The minimum absolute atomic E-state index is 0.218. The van der Waals surface area contributed by atoms with E-state index in [-0.39, 0.29) is 11.7 Å². The van der Waals surface area contributed by atoms with Crippen molar-refractivity contribution in [3.05, 3.63) is 34.9 Å². The Kier molecular flexibility index (Phi) is 5.21. The first-order chi connectivity index (χ1) is 9.05. The zero-order valence-electron chi connectivity index (χ0n) is 10.7. The van der Waals surface area contributed by atoms with Crippen LogP contribution in [0.5, 0.6) is 0 Å². The van der Waals surface area contributed by atoms with Crippen molar-refractivity contribution >= 4 is 21.6 Å². The Morgan fingerprint density at radius 1 is 1.32 bits per heavy atom. The van der Waals surface area contributed by atoms with Crippen LogP contribution in [0.3, 0.4) is 0 Å². The average Bonchev–Trinajstić information content (AvgIpc) is 2.37. The maximum atomic E-state index is 12.0. The van der Waals surface area contributed by atoms with Crippen molar-refractivity contribution < 1.29 is 8.42 Å². The van der Waals surface area contributed by atoms with E-state index < -0.39 is 10.0 Å². The molecular weight excluding hydrogens is 284 g/mol.